The summed E-state index contributed by atoms with van der Waals surface area (Å²) < 4.78 is 18.3. The first kappa shape index (κ1) is 12.5. The lowest BCUT2D eigenvalue weighted by Gasteiger charge is -1.99. The molecule has 6 heteroatoms. The molecule has 0 bridgehead atoms. The zero-order chi connectivity index (χ0) is 13.3. The number of nitrogens with two attached hydrogens (primary N) is 1. The summed E-state index contributed by atoms with van der Waals surface area (Å²) in [6.45, 7) is 1.79. The summed E-state index contributed by atoms with van der Waals surface area (Å²) in [5.74, 6) is -1.01. The van der Waals surface area contributed by atoms with E-state index in [1.807, 2.05) is 0 Å². The number of methoxy groups -OCH3 is 1. The molecule has 0 saturated carbocycles. The highest BCUT2D eigenvalue weighted by Gasteiger charge is 2.19. The van der Waals surface area contributed by atoms with Crippen molar-refractivity contribution in [2.45, 2.75) is 6.92 Å². The van der Waals surface area contributed by atoms with Crippen molar-refractivity contribution in [2.24, 2.45) is 0 Å². The van der Waals surface area contributed by atoms with Crippen molar-refractivity contribution < 1.29 is 13.9 Å². The maximum absolute atomic E-state index is 13.8. The van der Waals surface area contributed by atoms with Crippen LogP contribution in [-0.2, 0) is 4.74 Å². The Balaban J connectivity index is 2.49. The zero-order valence-corrected chi connectivity index (χ0v) is 10.7. The standard InChI is InChI=1S/C12H11FN2O2S/c1-6-3-4-7(8(13)5-6)11-15-9(10(14)18-11)12(16)17-2/h3-5H,14H2,1-2H3. The fourth-order valence-corrected chi connectivity index (χ4v) is 2.33. The second kappa shape index (κ2) is 4.73. The first-order valence-corrected chi connectivity index (χ1v) is 5.95. The summed E-state index contributed by atoms with van der Waals surface area (Å²) in [6.07, 6.45) is 0. The summed E-state index contributed by atoms with van der Waals surface area (Å²) in [4.78, 5) is 15.4. The van der Waals surface area contributed by atoms with Crippen LogP contribution < -0.4 is 5.73 Å². The number of aromatic nitrogens is 1. The molecule has 1 aromatic carbocycles. The highest BCUT2D eigenvalue weighted by Crippen LogP contribution is 2.32. The lowest BCUT2D eigenvalue weighted by Crippen LogP contribution is -2.04. The second-order valence-electron chi connectivity index (χ2n) is 3.71. The Morgan fingerprint density at radius 1 is 1.50 bits per heavy atom. The van der Waals surface area contributed by atoms with Gasteiger partial charge in [-0.2, -0.15) is 0 Å². The van der Waals surface area contributed by atoms with Crippen LogP contribution in [0.5, 0.6) is 0 Å². The SMILES string of the molecule is COC(=O)c1nc(-c2ccc(C)cc2F)sc1N. The van der Waals surface area contributed by atoms with Crippen LogP contribution in [-0.4, -0.2) is 18.1 Å². The second-order valence-corrected chi connectivity index (χ2v) is 4.74. The number of nitrogen functional groups attached to an aromatic ring is 1. The van der Waals surface area contributed by atoms with Crippen LogP contribution in [0.4, 0.5) is 9.39 Å². The fourth-order valence-electron chi connectivity index (χ4n) is 1.48. The number of carbonyl (C=O) groups excluding carboxylic acids is 1. The lowest BCUT2D eigenvalue weighted by atomic mass is 10.1. The van der Waals surface area contributed by atoms with Gasteiger partial charge in [0.25, 0.3) is 0 Å². The third-order valence-corrected chi connectivity index (χ3v) is 3.30. The van der Waals surface area contributed by atoms with E-state index in [1.54, 1.807) is 19.1 Å². The van der Waals surface area contributed by atoms with Gasteiger partial charge in [-0.15, -0.1) is 0 Å². The number of halogens is 1. The molecule has 2 aromatic rings. The minimum Gasteiger partial charge on any atom is -0.464 e. The van der Waals surface area contributed by atoms with Gasteiger partial charge in [0.15, 0.2) is 5.69 Å². The van der Waals surface area contributed by atoms with E-state index in [-0.39, 0.29) is 16.5 Å². The molecule has 0 amide bonds. The molecule has 0 aliphatic rings. The number of hydrogen-bond acceptors (Lipinski definition) is 5. The molecule has 2 rings (SSSR count). The Bertz CT molecular complexity index is 610. The van der Waals surface area contributed by atoms with Crippen LogP contribution in [0, 0.1) is 12.7 Å². The Morgan fingerprint density at radius 3 is 2.83 bits per heavy atom. The number of anilines is 1. The van der Waals surface area contributed by atoms with Crippen molar-refractivity contribution in [3.05, 3.63) is 35.3 Å². The van der Waals surface area contributed by atoms with E-state index in [2.05, 4.69) is 9.72 Å². The molecule has 0 spiro atoms. The Hall–Kier alpha value is -1.95. The molecule has 1 aromatic heterocycles. The van der Waals surface area contributed by atoms with Crippen LogP contribution >= 0.6 is 11.3 Å². The molecule has 0 radical (unpaired) electrons. The maximum atomic E-state index is 13.8. The van der Waals surface area contributed by atoms with E-state index in [9.17, 15) is 9.18 Å². The summed E-state index contributed by atoms with van der Waals surface area (Å²) in [7, 11) is 1.24. The Morgan fingerprint density at radius 2 is 2.22 bits per heavy atom. The monoisotopic (exact) mass is 266 g/mol. The number of benzene rings is 1. The van der Waals surface area contributed by atoms with Gasteiger partial charge in [-0.3, -0.25) is 0 Å². The van der Waals surface area contributed by atoms with Crippen molar-refractivity contribution in [3.63, 3.8) is 0 Å². The average molecular weight is 266 g/mol. The molecule has 94 valence electrons. The number of hydrogen-bond donors (Lipinski definition) is 1. The molecule has 0 aliphatic carbocycles. The molecule has 0 unspecified atom stereocenters. The molecular formula is C12H11FN2O2S. The molecular weight excluding hydrogens is 255 g/mol. The zero-order valence-electron chi connectivity index (χ0n) is 9.86. The average Bonchev–Trinajstić information content (AvgIpc) is 2.70. The normalized spacial score (nSPS) is 10.4. The molecule has 0 fully saturated rings. The van der Waals surface area contributed by atoms with Gasteiger partial charge in [-0.1, -0.05) is 17.4 Å². The van der Waals surface area contributed by atoms with E-state index in [1.165, 1.54) is 13.2 Å². The van der Waals surface area contributed by atoms with Crippen LogP contribution in [0.2, 0.25) is 0 Å². The molecule has 18 heavy (non-hydrogen) atoms. The highest BCUT2D eigenvalue weighted by atomic mass is 32.1. The topological polar surface area (TPSA) is 65.2 Å². The third-order valence-electron chi connectivity index (χ3n) is 2.39. The minimum atomic E-state index is -0.623. The predicted molar refractivity (Wildman–Crippen MR) is 68.0 cm³/mol. The fraction of sp³-hybridized carbons (Fsp3) is 0.167. The maximum Gasteiger partial charge on any atom is 0.359 e. The van der Waals surface area contributed by atoms with Crippen LogP contribution in [0.1, 0.15) is 16.1 Å². The van der Waals surface area contributed by atoms with Gasteiger partial charge in [0.05, 0.1) is 7.11 Å². The van der Waals surface area contributed by atoms with E-state index < -0.39 is 5.97 Å². The van der Waals surface area contributed by atoms with Crippen molar-refractivity contribution in [1.82, 2.24) is 4.98 Å². The highest BCUT2D eigenvalue weighted by molar-refractivity contribution is 7.19. The molecule has 4 nitrogen and oxygen atoms in total. The summed E-state index contributed by atoms with van der Waals surface area (Å²) in [5, 5.41) is 0.585. The van der Waals surface area contributed by atoms with E-state index >= 15 is 0 Å². The largest absolute Gasteiger partial charge is 0.464 e. The van der Waals surface area contributed by atoms with Gasteiger partial charge >= 0.3 is 5.97 Å². The summed E-state index contributed by atoms with van der Waals surface area (Å²) >= 11 is 1.06. The van der Waals surface area contributed by atoms with Gasteiger partial charge in [0, 0.05) is 5.56 Å². The number of esters is 1. The Kier molecular flexibility index (Phi) is 3.29. The number of aryl methyl sites for hydroxylation is 1. The van der Waals surface area contributed by atoms with Gasteiger partial charge in [-0.25, -0.2) is 14.2 Å². The van der Waals surface area contributed by atoms with Crippen molar-refractivity contribution in [2.75, 3.05) is 12.8 Å². The molecule has 1 heterocycles. The first-order chi connectivity index (χ1) is 8.52. The van der Waals surface area contributed by atoms with E-state index in [0.717, 1.165) is 16.9 Å². The quantitative estimate of drug-likeness (QED) is 0.849. The number of ether oxygens (including phenoxy) is 1. The van der Waals surface area contributed by atoms with E-state index in [4.69, 9.17) is 5.73 Å². The molecule has 2 N–H and O–H groups in total. The first-order valence-electron chi connectivity index (χ1n) is 5.14. The third kappa shape index (κ3) is 2.19. The Labute approximate surface area is 107 Å². The summed E-state index contributed by atoms with van der Waals surface area (Å²) in [6, 6.07) is 4.79. The van der Waals surface area contributed by atoms with Crippen molar-refractivity contribution in [1.29, 1.82) is 0 Å². The van der Waals surface area contributed by atoms with Crippen LogP contribution in [0.25, 0.3) is 10.6 Å². The van der Waals surface area contributed by atoms with Gasteiger partial charge in [0.1, 0.15) is 15.8 Å². The van der Waals surface area contributed by atoms with Gasteiger partial charge in [0.2, 0.25) is 0 Å². The van der Waals surface area contributed by atoms with E-state index in [0.29, 0.717) is 10.6 Å². The van der Waals surface area contributed by atoms with Crippen LogP contribution in [0.3, 0.4) is 0 Å². The lowest BCUT2D eigenvalue weighted by molar-refractivity contribution is 0.0596. The smallest absolute Gasteiger partial charge is 0.359 e. The number of nitrogens with zero attached hydrogens (tertiary/aromatic N) is 1. The molecule has 0 aliphatic heterocycles. The minimum absolute atomic E-state index is 0.0254. The number of carbonyl (C=O) groups is 1. The van der Waals surface area contributed by atoms with Gasteiger partial charge < -0.3 is 10.5 Å². The summed E-state index contributed by atoms with van der Waals surface area (Å²) in [5.41, 5.74) is 6.83. The molecule has 0 saturated heterocycles. The van der Waals surface area contributed by atoms with Crippen LogP contribution in [0.15, 0.2) is 18.2 Å². The number of rotatable bonds is 2. The van der Waals surface area contributed by atoms with Gasteiger partial charge in [-0.05, 0) is 24.6 Å². The van der Waals surface area contributed by atoms with Crippen molar-refractivity contribution >= 4 is 22.3 Å². The molecule has 0 atom stereocenters. The predicted octanol–water partition coefficient (Wildman–Crippen LogP) is 2.63. The number of thiazole rings is 1. The van der Waals surface area contributed by atoms with Crippen molar-refractivity contribution in [3.8, 4) is 10.6 Å².